The minimum Gasteiger partial charge on any atom is -0.465 e. The zero-order valence-corrected chi connectivity index (χ0v) is 19.4. The van der Waals surface area contributed by atoms with Crippen molar-refractivity contribution in [2.45, 2.75) is 102 Å². The summed E-state index contributed by atoms with van der Waals surface area (Å²) in [4.78, 5) is 62.2. The Morgan fingerprint density at radius 1 is 1.00 bits per heavy atom. The molecule has 2 saturated carbocycles. The van der Waals surface area contributed by atoms with Crippen LogP contribution < -0.4 is 21.3 Å². The van der Waals surface area contributed by atoms with Crippen molar-refractivity contribution in [3.05, 3.63) is 0 Å². The van der Waals surface area contributed by atoms with Gasteiger partial charge in [-0.25, -0.2) is 4.79 Å². The van der Waals surface area contributed by atoms with Gasteiger partial charge in [0.05, 0.1) is 6.04 Å². The number of carboxylic acid groups (broad SMARTS) is 1. The van der Waals surface area contributed by atoms with E-state index >= 15 is 0 Å². The smallest absolute Gasteiger partial charge is 0.405 e. The molecule has 3 atom stereocenters. The largest absolute Gasteiger partial charge is 0.465 e. The van der Waals surface area contributed by atoms with E-state index in [0.29, 0.717) is 12.8 Å². The fraction of sp³-hybridized carbons (Fsp3) is 0.783. The van der Waals surface area contributed by atoms with Gasteiger partial charge in [0, 0.05) is 17.5 Å². The lowest BCUT2D eigenvalue weighted by atomic mass is 9.84. The molecule has 3 aliphatic rings. The number of carbonyl (C=O) groups excluding carboxylic acids is 4. The summed E-state index contributed by atoms with van der Waals surface area (Å²) in [6, 6.07) is -2.26. The van der Waals surface area contributed by atoms with Crippen LogP contribution >= 0.6 is 0 Å². The van der Waals surface area contributed by atoms with Crippen LogP contribution in [0.3, 0.4) is 0 Å². The molecular formula is C23H36N4O6. The van der Waals surface area contributed by atoms with Gasteiger partial charge in [0.1, 0.15) is 6.04 Å². The first-order chi connectivity index (χ1) is 15.5. The van der Waals surface area contributed by atoms with Gasteiger partial charge in [0.15, 0.2) is 0 Å². The molecule has 1 saturated heterocycles. The van der Waals surface area contributed by atoms with Gasteiger partial charge in [-0.05, 0) is 51.9 Å². The maximum absolute atomic E-state index is 13.1. The lowest BCUT2D eigenvalue weighted by Gasteiger charge is -2.27. The normalized spacial score (nSPS) is 24.3. The van der Waals surface area contributed by atoms with Crippen LogP contribution in [0.4, 0.5) is 4.79 Å². The van der Waals surface area contributed by atoms with E-state index in [4.69, 9.17) is 0 Å². The maximum Gasteiger partial charge on any atom is 0.405 e. The number of hydrogen-bond acceptors (Lipinski definition) is 5. The Balaban J connectivity index is 1.71. The van der Waals surface area contributed by atoms with E-state index < -0.39 is 47.2 Å². The summed E-state index contributed by atoms with van der Waals surface area (Å²) in [5.41, 5.74) is -0.440. The zero-order chi connectivity index (χ0) is 24.2. The van der Waals surface area contributed by atoms with Crippen molar-refractivity contribution >= 4 is 29.6 Å². The lowest BCUT2D eigenvalue weighted by molar-refractivity contribution is -0.141. The molecule has 3 unspecified atom stereocenters. The molecule has 3 rings (SSSR count). The summed E-state index contributed by atoms with van der Waals surface area (Å²) in [6.07, 6.45) is 6.15. The SMILES string of the molecule is CC1(C)CC(CC(NC(=O)C(CC2CCCCC2)NC(=O)O)C(=O)C(=O)NC2CC2)C(=O)N1. The van der Waals surface area contributed by atoms with E-state index in [1.807, 2.05) is 13.8 Å². The number of rotatable bonds is 10. The lowest BCUT2D eigenvalue weighted by Crippen LogP contribution is -2.55. The molecule has 1 aliphatic heterocycles. The maximum atomic E-state index is 13.1. The second kappa shape index (κ2) is 10.5. The minimum atomic E-state index is -1.32. The number of carbonyl (C=O) groups is 5. The highest BCUT2D eigenvalue weighted by atomic mass is 16.4. The molecule has 10 heteroatoms. The van der Waals surface area contributed by atoms with Crippen molar-refractivity contribution in [2.24, 2.45) is 11.8 Å². The predicted molar refractivity (Wildman–Crippen MR) is 119 cm³/mol. The topological polar surface area (TPSA) is 154 Å². The molecule has 0 aromatic rings. The minimum absolute atomic E-state index is 0.0128. The van der Waals surface area contributed by atoms with Crippen molar-refractivity contribution < 1.29 is 29.1 Å². The first kappa shape index (κ1) is 25.0. The Kier molecular flexibility index (Phi) is 7.97. The molecule has 184 valence electrons. The molecular weight excluding hydrogens is 428 g/mol. The van der Waals surface area contributed by atoms with E-state index in [9.17, 15) is 29.1 Å². The van der Waals surface area contributed by atoms with E-state index in [1.54, 1.807) is 0 Å². The predicted octanol–water partition coefficient (Wildman–Crippen LogP) is 1.23. The third-order valence-electron chi connectivity index (χ3n) is 6.79. The average Bonchev–Trinajstić information content (AvgIpc) is 3.50. The summed E-state index contributed by atoms with van der Waals surface area (Å²) in [5, 5.41) is 19.6. The number of amides is 4. The van der Waals surface area contributed by atoms with Crippen LogP contribution in [0.2, 0.25) is 0 Å². The summed E-state index contributed by atoms with van der Waals surface area (Å²) in [7, 11) is 0. The Morgan fingerprint density at radius 2 is 1.67 bits per heavy atom. The molecule has 0 bridgehead atoms. The van der Waals surface area contributed by atoms with Crippen LogP contribution in [0, 0.1) is 11.8 Å². The van der Waals surface area contributed by atoms with Crippen molar-refractivity contribution in [3.63, 3.8) is 0 Å². The van der Waals surface area contributed by atoms with Gasteiger partial charge in [-0.15, -0.1) is 0 Å². The summed E-state index contributed by atoms with van der Waals surface area (Å²) in [6.45, 7) is 3.74. The summed E-state index contributed by atoms with van der Waals surface area (Å²) in [5.74, 6) is -2.77. The number of hydrogen-bond donors (Lipinski definition) is 5. The Hall–Kier alpha value is -2.65. The average molecular weight is 465 g/mol. The van der Waals surface area contributed by atoms with E-state index in [2.05, 4.69) is 21.3 Å². The zero-order valence-electron chi connectivity index (χ0n) is 19.4. The number of nitrogens with one attached hydrogen (secondary N) is 4. The standard InChI is InChI=1S/C23H36N4O6/c1-23(2)12-14(19(29)27-23)11-16(18(28)21(31)24-15-8-9-15)25-20(30)17(26-22(32)33)10-13-6-4-3-5-7-13/h13-17,26H,3-12H2,1-2H3,(H,24,31)(H,25,30)(H,27,29)(H,32,33). The van der Waals surface area contributed by atoms with Crippen LogP contribution in [-0.4, -0.2) is 58.4 Å². The molecule has 0 aromatic carbocycles. The van der Waals surface area contributed by atoms with Crippen molar-refractivity contribution in [1.82, 2.24) is 21.3 Å². The fourth-order valence-corrected chi connectivity index (χ4v) is 4.95. The monoisotopic (exact) mass is 464 g/mol. The Bertz CT molecular complexity index is 788. The van der Waals surface area contributed by atoms with E-state index in [1.165, 1.54) is 0 Å². The van der Waals surface area contributed by atoms with Gasteiger partial charge >= 0.3 is 6.09 Å². The molecule has 1 heterocycles. The van der Waals surface area contributed by atoms with Gasteiger partial charge in [-0.2, -0.15) is 0 Å². The number of Topliss-reactive ketones (excluding diaryl/α,β-unsaturated/α-hetero) is 1. The summed E-state index contributed by atoms with van der Waals surface area (Å²) >= 11 is 0. The van der Waals surface area contributed by atoms with Crippen LogP contribution in [0.1, 0.15) is 78.1 Å². The van der Waals surface area contributed by atoms with Crippen molar-refractivity contribution in [1.29, 1.82) is 0 Å². The van der Waals surface area contributed by atoms with Gasteiger partial charge in [0.25, 0.3) is 5.91 Å². The van der Waals surface area contributed by atoms with Crippen molar-refractivity contribution in [2.75, 3.05) is 0 Å². The quantitative estimate of drug-likeness (QED) is 0.307. The molecule has 5 N–H and O–H groups in total. The van der Waals surface area contributed by atoms with Gasteiger partial charge < -0.3 is 26.4 Å². The Morgan fingerprint density at radius 3 is 2.21 bits per heavy atom. The fourth-order valence-electron chi connectivity index (χ4n) is 4.95. The first-order valence-electron chi connectivity index (χ1n) is 12.0. The molecule has 3 fully saturated rings. The van der Waals surface area contributed by atoms with E-state index in [0.717, 1.165) is 44.9 Å². The van der Waals surface area contributed by atoms with Crippen molar-refractivity contribution in [3.8, 4) is 0 Å². The third kappa shape index (κ3) is 7.43. The molecule has 0 spiro atoms. The van der Waals surface area contributed by atoms with Gasteiger partial charge in [-0.1, -0.05) is 32.1 Å². The second-order valence-electron chi connectivity index (χ2n) is 10.4. The molecule has 4 amide bonds. The highest BCUT2D eigenvalue weighted by Gasteiger charge is 2.42. The third-order valence-corrected chi connectivity index (χ3v) is 6.79. The highest BCUT2D eigenvalue weighted by Crippen LogP contribution is 2.29. The van der Waals surface area contributed by atoms with Crippen LogP contribution in [0.25, 0.3) is 0 Å². The first-order valence-corrected chi connectivity index (χ1v) is 12.0. The highest BCUT2D eigenvalue weighted by molar-refractivity contribution is 6.38. The van der Waals surface area contributed by atoms with Gasteiger partial charge in [0.2, 0.25) is 17.6 Å². The van der Waals surface area contributed by atoms with Crippen LogP contribution in [-0.2, 0) is 19.2 Å². The van der Waals surface area contributed by atoms with Crippen LogP contribution in [0.5, 0.6) is 0 Å². The molecule has 33 heavy (non-hydrogen) atoms. The van der Waals surface area contributed by atoms with Crippen LogP contribution in [0.15, 0.2) is 0 Å². The second-order valence-corrected chi connectivity index (χ2v) is 10.4. The number of ketones is 1. The van der Waals surface area contributed by atoms with E-state index in [-0.39, 0.29) is 24.3 Å². The molecule has 0 aromatic heterocycles. The molecule has 0 radical (unpaired) electrons. The Labute approximate surface area is 194 Å². The summed E-state index contributed by atoms with van der Waals surface area (Å²) < 4.78 is 0. The molecule has 2 aliphatic carbocycles. The van der Waals surface area contributed by atoms with Gasteiger partial charge in [-0.3, -0.25) is 19.2 Å². The molecule has 10 nitrogen and oxygen atoms in total.